The van der Waals surface area contributed by atoms with Crippen molar-refractivity contribution < 1.29 is 4.42 Å². The van der Waals surface area contributed by atoms with Gasteiger partial charge in [-0.05, 0) is 66.7 Å². The van der Waals surface area contributed by atoms with E-state index in [1.54, 1.807) is 0 Å². The molecule has 0 aliphatic rings. The van der Waals surface area contributed by atoms with Crippen LogP contribution in [0.15, 0.2) is 175 Å². The number of hydrogen-bond donors (Lipinski definition) is 0. The van der Waals surface area contributed by atoms with Crippen LogP contribution in [0.25, 0.3) is 104 Å². The molecule has 0 radical (unpaired) electrons. The fraction of sp³-hybridized carbons (Fsp3) is 0. The highest BCUT2D eigenvalue weighted by Gasteiger charge is 2.21. The predicted octanol–water partition coefficient (Wildman–Crippen LogP) is 12.3. The van der Waals surface area contributed by atoms with Crippen LogP contribution in [0.2, 0.25) is 0 Å². The molecule has 0 saturated heterocycles. The monoisotopic (exact) mass is 664 g/mol. The second-order valence-corrected chi connectivity index (χ2v) is 13.6. The van der Waals surface area contributed by atoms with Crippen molar-refractivity contribution in [2.45, 2.75) is 0 Å². The third kappa shape index (κ3) is 3.64. The summed E-state index contributed by atoms with van der Waals surface area (Å²) in [6.07, 6.45) is 3.92. The highest BCUT2D eigenvalue weighted by atomic mass is 16.3. The van der Waals surface area contributed by atoms with Crippen molar-refractivity contribution >= 4 is 87.4 Å². The van der Waals surface area contributed by atoms with Gasteiger partial charge in [0.1, 0.15) is 11.2 Å². The number of benzene rings is 7. The minimum absolute atomic E-state index is 0.874. The SMILES string of the molecule is c1ccc2c(c1)c1ccccc1n2-c1cncc(-n2c3ccccc3c3c4oc5ccc(-n6c7ccccc7c7ccccc76)cc5c4ccc32)c1. The van der Waals surface area contributed by atoms with E-state index in [0.29, 0.717) is 0 Å². The minimum atomic E-state index is 0.874. The van der Waals surface area contributed by atoms with Gasteiger partial charge in [-0.15, -0.1) is 0 Å². The van der Waals surface area contributed by atoms with E-state index in [4.69, 9.17) is 9.40 Å². The van der Waals surface area contributed by atoms with E-state index in [1.165, 1.54) is 32.6 Å². The summed E-state index contributed by atoms with van der Waals surface area (Å²) in [7, 11) is 0. The molecule has 5 aromatic heterocycles. The molecule has 0 unspecified atom stereocenters. The zero-order valence-electron chi connectivity index (χ0n) is 27.9. The van der Waals surface area contributed by atoms with Gasteiger partial charge in [0.15, 0.2) is 0 Å². The number of hydrogen-bond acceptors (Lipinski definition) is 2. The zero-order valence-corrected chi connectivity index (χ0v) is 27.9. The van der Waals surface area contributed by atoms with E-state index in [-0.39, 0.29) is 0 Å². The first-order valence-corrected chi connectivity index (χ1v) is 17.6. The molecule has 5 heterocycles. The molecule has 0 N–H and O–H groups in total. The van der Waals surface area contributed by atoms with Crippen LogP contribution in [0, 0.1) is 0 Å². The highest BCUT2D eigenvalue weighted by Crippen LogP contribution is 2.42. The third-order valence-corrected chi connectivity index (χ3v) is 10.9. The summed E-state index contributed by atoms with van der Waals surface area (Å²) in [5.74, 6) is 0. The van der Waals surface area contributed by atoms with Crippen molar-refractivity contribution in [3.63, 3.8) is 0 Å². The van der Waals surface area contributed by atoms with E-state index >= 15 is 0 Å². The van der Waals surface area contributed by atoms with Gasteiger partial charge in [-0.2, -0.15) is 0 Å². The van der Waals surface area contributed by atoms with Crippen molar-refractivity contribution in [2.75, 3.05) is 0 Å². The summed E-state index contributed by atoms with van der Waals surface area (Å²) in [5.41, 5.74) is 11.8. The van der Waals surface area contributed by atoms with Crippen molar-refractivity contribution in [1.82, 2.24) is 18.7 Å². The molecule has 0 aliphatic heterocycles. The van der Waals surface area contributed by atoms with Crippen LogP contribution in [0.4, 0.5) is 0 Å². The lowest BCUT2D eigenvalue weighted by Gasteiger charge is -2.12. The number of fused-ring (bicyclic) bond motifs is 13. The molecule has 0 amide bonds. The van der Waals surface area contributed by atoms with Gasteiger partial charge in [0.25, 0.3) is 0 Å². The zero-order chi connectivity index (χ0) is 33.9. The van der Waals surface area contributed by atoms with Crippen LogP contribution in [-0.4, -0.2) is 18.7 Å². The Bertz CT molecular complexity index is 3320. The Morgan fingerprint density at radius 2 is 0.808 bits per heavy atom. The first-order chi connectivity index (χ1) is 25.8. The van der Waals surface area contributed by atoms with Crippen LogP contribution in [-0.2, 0) is 0 Å². The van der Waals surface area contributed by atoms with Gasteiger partial charge in [-0.1, -0.05) is 91.0 Å². The number of aromatic nitrogens is 4. The van der Waals surface area contributed by atoms with Gasteiger partial charge in [-0.25, -0.2) is 0 Å². The first kappa shape index (κ1) is 27.7. The topological polar surface area (TPSA) is 40.8 Å². The Labute approximate surface area is 296 Å². The van der Waals surface area contributed by atoms with E-state index in [2.05, 4.69) is 171 Å². The maximum atomic E-state index is 6.81. The predicted molar refractivity (Wildman–Crippen MR) is 215 cm³/mol. The second kappa shape index (κ2) is 10.2. The fourth-order valence-electron chi connectivity index (χ4n) is 8.75. The van der Waals surface area contributed by atoms with Crippen LogP contribution in [0.3, 0.4) is 0 Å². The van der Waals surface area contributed by atoms with Gasteiger partial charge in [-0.3, -0.25) is 4.98 Å². The van der Waals surface area contributed by atoms with E-state index in [9.17, 15) is 0 Å². The number of furan rings is 1. The molecule has 0 aliphatic carbocycles. The number of rotatable bonds is 3. The lowest BCUT2D eigenvalue weighted by Crippen LogP contribution is -1.99. The third-order valence-electron chi connectivity index (χ3n) is 10.9. The van der Waals surface area contributed by atoms with Gasteiger partial charge >= 0.3 is 0 Å². The Hall–Kier alpha value is -7.11. The summed E-state index contributed by atoms with van der Waals surface area (Å²) >= 11 is 0. The average molecular weight is 665 g/mol. The molecule has 0 bridgehead atoms. The molecule has 0 saturated carbocycles. The summed E-state index contributed by atoms with van der Waals surface area (Å²) in [4.78, 5) is 4.83. The number of para-hydroxylation sites is 5. The smallest absolute Gasteiger partial charge is 0.145 e. The maximum absolute atomic E-state index is 6.81. The largest absolute Gasteiger partial charge is 0.455 e. The van der Waals surface area contributed by atoms with Crippen molar-refractivity contribution in [3.05, 3.63) is 170 Å². The minimum Gasteiger partial charge on any atom is -0.455 e. The van der Waals surface area contributed by atoms with E-state index in [1.807, 2.05) is 12.4 Å². The molecule has 0 spiro atoms. The first-order valence-electron chi connectivity index (χ1n) is 17.6. The van der Waals surface area contributed by atoms with Crippen LogP contribution in [0.5, 0.6) is 0 Å². The van der Waals surface area contributed by atoms with Crippen LogP contribution >= 0.6 is 0 Å². The Morgan fingerprint density at radius 3 is 1.37 bits per heavy atom. The second-order valence-electron chi connectivity index (χ2n) is 13.6. The van der Waals surface area contributed by atoms with Gasteiger partial charge in [0.05, 0.1) is 62.3 Å². The molecule has 12 aromatic rings. The lowest BCUT2D eigenvalue weighted by molar-refractivity contribution is 0.673. The van der Waals surface area contributed by atoms with Gasteiger partial charge in [0, 0.05) is 43.4 Å². The van der Waals surface area contributed by atoms with Gasteiger partial charge < -0.3 is 18.1 Å². The summed E-state index contributed by atoms with van der Waals surface area (Å²) < 4.78 is 13.8. The normalized spacial score (nSPS) is 12.2. The standard InChI is InChI=1S/C47H28N4O/c1-6-16-39-32(11-1)33-12-2-7-17-40(33)49(39)29-21-24-45-38(26-29)36-22-23-44-46(47(36)52-45)37-15-5-10-20-43(37)51(44)31-25-30(27-48-28-31)50-41-18-8-3-13-34(41)35-14-4-9-19-42(35)50/h1-28H. The van der Waals surface area contributed by atoms with E-state index < -0.39 is 0 Å². The lowest BCUT2D eigenvalue weighted by atomic mass is 10.1. The number of pyridine rings is 1. The van der Waals surface area contributed by atoms with E-state index in [0.717, 1.165) is 71.8 Å². The Kier molecular flexibility index (Phi) is 5.44. The molecule has 242 valence electrons. The van der Waals surface area contributed by atoms with Crippen molar-refractivity contribution in [1.29, 1.82) is 0 Å². The van der Waals surface area contributed by atoms with Crippen molar-refractivity contribution in [2.24, 2.45) is 0 Å². The number of nitrogens with zero attached hydrogens (tertiary/aromatic N) is 4. The molecule has 12 rings (SSSR count). The van der Waals surface area contributed by atoms with Crippen molar-refractivity contribution in [3.8, 4) is 17.1 Å². The van der Waals surface area contributed by atoms with Gasteiger partial charge in [0.2, 0.25) is 0 Å². The molecule has 0 atom stereocenters. The molecule has 0 fully saturated rings. The molecular formula is C47H28N4O. The fourth-order valence-corrected chi connectivity index (χ4v) is 8.75. The van der Waals surface area contributed by atoms with Crippen LogP contribution in [0.1, 0.15) is 0 Å². The molecule has 7 aromatic carbocycles. The Balaban J connectivity index is 1.09. The molecule has 52 heavy (non-hydrogen) atoms. The maximum Gasteiger partial charge on any atom is 0.145 e. The quantitative estimate of drug-likeness (QED) is 0.189. The average Bonchev–Trinajstić information content (AvgIpc) is 3.94. The summed E-state index contributed by atoms with van der Waals surface area (Å²) in [6.45, 7) is 0. The highest BCUT2D eigenvalue weighted by molar-refractivity contribution is 6.24. The summed E-state index contributed by atoms with van der Waals surface area (Å²) in [5, 5.41) is 9.41. The molecule has 5 heteroatoms. The summed E-state index contributed by atoms with van der Waals surface area (Å²) in [6, 6.07) is 56.4. The Morgan fingerprint density at radius 1 is 0.346 bits per heavy atom. The molecule has 5 nitrogen and oxygen atoms in total. The van der Waals surface area contributed by atoms with Crippen LogP contribution < -0.4 is 0 Å². The molecular weight excluding hydrogens is 637 g/mol.